The van der Waals surface area contributed by atoms with Crippen LogP contribution in [-0.2, 0) is 19.1 Å². The van der Waals surface area contributed by atoms with Crippen LogP contribution in [0.4, 0.5) is 15.8 Å². The molecule has 7 nitrogen and oxygen atoms in total. The first-order chi connectivity index (χ1) is 12.0. The van der Waals surface area contributed by atoms with Crippen LogP contribution >= 0.6 is 0 Å². The Hall–Kier alpha value is -2.48. The molecule has 134 valence electrons. The molecule has 8 heteroatoms. The van der Waals surface area contributed by atoms with Crippen molar-refractivity contribution < 1.29 is 23.5 Å². The van der Waals surface area contributed by atoms with E-state index in [0.717, 1.165) is 6.42 Å². The number of hydrogen-bond donors (Lipinski definition) is 1. The highest BCUT2D eigenvalue weighted by Crippen LogP contribution is 2.26. The van der Waals surface area contributed by atoms with Gasteiger partial charge in [-0.05, 0) is 24.6 Å². The lowest BCUT2D eigenvalue weighted by molar-refractivity contribution is -0.143. The van der Waals surface area contributed by atoms with E-state index in [9.17, 15) is 18.8 Å². The van der Waals surface area contributed by atoms with Gasteiger partial charge in [0, 0.05) is 32.1 Å². The molecule has 1 aromatic carbocycles. The number of carbonyl (C=O) groups excluding carboxylic acids is 3. The maximum absolute atomic E-state index is 14.1. The largest absolute Gasteiger partial charge is 0.365 e. The summed E-state index contributed by atoms with van der Waals surface area (Å²) in [6.07, 6.45) is 0.374. The van der Waals surface area contributed by atoms with Gasteiger partial charge in [-0.2, -0.15) is 0 Å². The van der Waals surface area contributed by atoms with Gasteiger partial charge >= 0.3 is 0 Å². The molecule has 2 fully saturated rings. The van der Waals surface area contributed by atoms with Gasteiger partial charge in [0.25, 0.3) is 5.91 Å². The molecule has 1 atom stereocenters. The fourth-order valence-corrected chi connectivity index (χ4v) is 3.01. The third kappa shape index (κ3) is 3.79. The van der Waals surface area contributed by atoms with Crippen molar-refractivity contribution in [2.24, 2.45) is 0 Å². The number of anilines is 2. The molecule has 0 aliphatic carbocycles. The molecule has 1 aromatic rings. The van der Waals surface area contributed by atoms with Crippen LogP contribution in [0, 0.1) is 5.82 Å². The number of benzene rings is 1. The van der Waals surface area contributed by atoms with E-state index in [1.807, 2.05) is 0 Å². The van der Waals surface area contributed by atoms with Crippen LogP contribution in [0.15, 0.2) is 18.2 Å². The zero-order valence-corrected chi connectivity index (χ0v) is 14.0. The number of carbonyl (C=O) groups is 3. The molecule has 25 heavy (non-hydrogen) atoms. The molecular weight excluding hydrogens is 329 g/mol. The van der Waals surface area contributed by atoms with Crippen LogP contribution in [0.1, 0.15) is 19.8 Å². The smallest absolute Gasteiger partial charge is 0.255 e. The Bertz CT molecular complexity index is 709. The lowest BCUT2D eigenvalue weighted by Gasteiger charge is -2.31. The Morgan fingerprint density at radius 2 is 2.12 bits per heavy atom. The van der Waals surface area contributed by atoms with Crippen LogP contribution in [0.25, 0.3) is 0 Å². The molecule has 2 aliphatic rings. The van der Waals surface area contributed by atoms with E-state index in [4.69, 9.17) is 4.74 Å². The Morgan fingerprint density at radius 3 is 2.80 bits per heavy atom. The summed E-state index contributed by atoms with van der Waals surface area (Å²) < 4.78 is 19.4. The lowest BCUT2D eigenvalue weighted by atomic mass is 10.2. The van der Waals surface area contributed by atoms with Crippen molar-refractivity contribution >= 4 is 29.1 Å². The maximum atomic E-state index is 14.1. The molecule has 2 saturated heterocycles. The van der Waals surface area contributed by atoms with E-state index in [0.29, 0.717) is 25.2 Å². The Morgan fingerprint density at radius 1 is 1.32 bits per heavy atom. The van der Waals surface area contributed by atoms with Gasteiger partial charge in [-0.1, -0.05) is 0 Å². The second kappa shape index (κ2) is 7.18. The standard InChI is InChI=1S/C17H20FN3O4/c1-11(22)20-7-8-25-15(10-20)17(24)19-14-9-12(4-5-13(14)18)21-6-2-3-16(21)23/h4-5,9,15H,2-3,6-8,10H2,1H3,(H,19,24). The first kappa shape index (κ1) is 17.3. The van der Waals surface area contributed by atoms with Crippen LogP contribution in [0.2, 0.25) is 0 Å². The SMILES string of the molecule is CC(=O)N1CCOC(C(=O)Nc2cc(N3CCCC3=O)ccc2F)C1. The van der Waals surface area contributed by atoms with Crippen LogP contribution in [0.5, 0.6) is 0 Å². The second-order valence-electron chi connectivity index (χ2n) is 6.13. The van der Waals surface area contributed by atoms with E-state index in [2.05, 4.69) is 5.32 Å². The van der Waals surface area contributed by atoms with Crippen molar-refractivity contribution in [2.45, 2.75) is 25.9 Å². The number of morpholine rings is 1. The first-order valence-electron chi connectivity index (χ1n) is 8.23. The summed E-state index contributed by atoms with van der Waals surface area (Å²) >= 11 is 0. The number of nitrogens with one attached hydrogen (secondary N) is 1. The lowest BCUT2D eigenvalue weighted by Crippen LogP contribution is -2.49. The summed E-state index contributed by atoms with van der Waals surface area (Å²) in [5.41, 5.74) is 0.542. The average molecular weight is 349 g/mol. The van der Waals surface area contributed by atoms with E-state index < -0.39 is 17.8 Å². The summed E-state index contributed by atoms with van der Waals surface area (Å²) in [4.78, 5) is 38.7. The number of hydrogen-bond acceptors (Lipinski definition) is 4. The zero-order chi connectivity index (χ0) is 18.0. The fourth-order valence-electron chi connectivity index (χ4n) is 3.01. The quantitative estimate of drug-likeness (QED) is 0.888. The molecule has 2 aliphatic heterocycles. The molecule has 0 spiro atoms. The summed E-state index contributed by atoms with van der Waals surface area (Å²) in [6.45, 7) is 2.82. The molecule has 3 rings (SSSR count). The van der Waals surface area contributed by atoms with Crippen LogP contribution < -0.4 is 10.2 Å². The maximum Gasteiger partial charge on any atom is 0.255 e. The van der Waals surface area contributed by atoms with Crippen LogP contribution in [0.3, 0.4) is 0 Å². The fraction of sp³-hybridized carbons (Fsp3) is 0.471. The highest BCUT2D eigenvalue weighted by Gasteiger charge is 2.29. The van der Waals surface area contributed by atoms with E-state index in [1.54, 1.807) is 4.90 Å². The third-order valence-electron chi connectivity index (χ3n) is 4.40. The molecule has 0 saturated carbocycles. The number of ether oxygens (including phenoxy) is 1. The Labute approximate surface area is 144 Å². The molecule has 2 heterocycles. The average Bonchev–Trinajstić information content (AvgIpc) is 3.03. The van der Waals surface area contributed by atoms with Gasteiger partial charge in [0.15, 0.2) is 6.10 Å². The minimum atomic E-state index is -0.853. The number of halogens is 1. The molecular formula is C17H20FN3O4. The Balaban J connectivity index is 1.72. The highest BCUT2D eigenvalue weighted by molar-refractivity contribution is 5.98. The van der Waals surface area contributed by atoms with Crippen LogP contribution in [-0.4, -0.2) is 55.0 Å². The van der Waals surface area contributed by atoms with Crippen molar-refractivity contribution in [3.8, 4) is 0 Å². The van der Waals surface area contributed by atoms with E-state index in [-0.39, 0.29) is 30.7 Å². The number of amides is 3. The first-order valence-corrected chi connectivity index (χ1v) is 8.23. The number of rotatable bonds is 3. The molecule has 3 amide bonds. The van der Waals surface area contributed by atoms with Crippen molar-refractivity contribution in [1.82, 2.24) is 4.90 Å². The molecule has 1 unspecified atom stereocenters. The van der Waals surface area contributed by atoms with Crippen molar-refractivity contribution in [2.75, 3.05) is 36.5 Å². The topological polar surface area (TPSA) is 79.0 Å². The summed E-state index contributed by atoms with van der Waals surface area (Å²) in [5, 5.41) is 2.50. The van der Waals surface area contributed by atoms with E-state index >= 15 is 0 Å². The molecule has 0 bridgehead atoms. The molecule has 0 aromatic heterocycles. The van der Waals surface area contributed by atoms with Crippen molar-refractivity contribution in [3.63, 3.8) is 0 Å². The predicted octanol–water partition coefficient (Wildman–Crippen LogP) is 1.14. The number of nitrogens with zero attached hydrogens (tertiary/aromatic N) is 2. The van der Waals surface area contributed by atoms with Crippen molar-refractivity contribution in [1.29, 1.82) is 0 Å². The van der Waals surface area contributed by atoms with Gasteiger partial charge in [-0.15, -0.1) is 0 Å². The minimum Gasteiger partial charge on any atom is -0.365 e. The second-order valence-corrected chi connectivity index (χ2v) is 6.13. The highest BCUT2D eigenvalue weighted by atomic mass is 19.1. The summed E-state index contributed by atoms with van der Waals surface area (Å²) in [5.74, 6) is -1.27. The van der Waals surface area contributed by atoms with Gasteiger partial charge in [0.2, 0.25) is 11.8 Å². The van der Waals surface area contributed by atoms with Gasteiger partial charge in [-0.25, -0.2) is 4.39 Å². The van der Waals surface area contributed by atoms with Gasteiger partial charge in [0.05, 0.1) is 18.8 Å². The Kier molecular flexibility index (Phi) is 4.98. The normalized spacial score (nSPS) is 20.7. The van der Waals surface area contributed by atoms with Crippen molar-refractivity contribution in [3.05, 3.63) is 24.0 Å². The summed E-state index contributed by atoms with van der Waals surface area (Å²) in [6, 6.07) is 4.19. The predicted molar refractivity (Wildman–Crippen MR) is 88.6 cm³/mol. The monoisotopic (exact) mass is 349 g/mol. The third-order valence-corrected chi connectivity index (χ3v) is 4.40. The zero-order valence-electron chi connectivity index (χ0n) is 14.0. The summed E-state index contributed by atoms with van der Waals surface area (Å²) in [7, 11) is 0. The molecule has 1 N–H and O–H groups in total. The van der Waals surface area contributed by atoms with Gasteiger partial charge < -0.3 is 19.9 Å². The van der Waals surface area contributed by atoms with Gasteiger partial charge in [-0.3, -0.25) is 14.4 Å². The molecule has 0 radical (unpaired) electrons. The van der Waals surface area contributed by atoms with E-state index in [1.165, 1.54) is 30.0 Å². The van der Waals surface area contributed by atoms with Gasteiger partial charge in [0.1, 0.15) is 5.82 Å². The minimum absolute atomic E-state index is 0.00857.